The summed E-state index contributed by atoms with van der Waals surface area (Å²) in [7, 11) is -3.12. The van der Waals surface area contributed by atoms with Gasteiger partial charge in [0.15, 0.2) is 9.84 Å². The van der Waals surface area contributed by atoms with Gasteiger partial charge in [-0.1, -0.05) is 23.7 Å². The van der Waals surface area contributed by atoms with Crippen LogP contribution in [0.2, 0.25) is 5.02 Å². The molecule has 1 amide bonds. The van der Waals surface area contributed by atoms with Crippen molar-refractivity contribution in [3.63, 3.8) is 0 Å². The van der Waals surface area contributed by atoms with Gasteiger partial charge in [0, 0.05) is 5.69 Å². The van der Waals surface area contributed by atoms with Gasteiger partial charge in [0.05, 0.1) is 22.4 Å². The van der Waals surface area contributed by atoms with Crippen LogP contribution in [0, 0.1) is 11.7 Å². The van der Waals surface area contributed by atoms with Gasteiger partial charge < -0.3 is 10.1 Å². The molecular formula is C18H17ClFNO4S. The number of amides is 1. The van der Waals surface area contributed by atoms with Crippen LogP contribution in [-0.2, 0) is 21.2 Å². The fraction of sp³-hybridized carbons (Fsp3) is 0.278. The van der Waals surface area contributed by atoms with E-state index in [0.717, 1.165) is 0 Å². The molecule has 5 nitrogen and oxygen atoms in total. The second kappa shape index (κ2) is 7.63. The van der Waals surface area contributed by atoms with Crippen molar-refractivity contribution in [1.82, 2.24) is 0 Å². The van der Waals surface area contributed by atoms with Gasteiger partial charge in [0.2, 0.25) is 5.91 Å². The van der Waals surface area contributed by atoms with Crippen LogP contribution in [0.4, 0.5) is 10.1 Å². The molecule has 26 heavy (non-hydrogen) atoms. The standard InChI is InChI=1S/C18H17ClFNO4S/c19-16-9-15(21-18(22)13-6-7-26(23,24)11-13)4-5-17(16)25-10-12-2-1-3-14(20)8-12/h1-5,8-9,13H,6-7,10-11H2,(H,21,22). The van der Waals surface area contributed by atoms with Crippen LogP contribution in [-0.4, -0.2) is 25.8 Å². The lowest BCUT2D eigenvalue weighted by atomic mass is 10.1. The van der Waals surface area contributed by atoms with E-state index in [2.05, 4.69) is 5.32 Å². The number of anilines is 1. The number of hydrogen-bond acceptors (Lipinski definition) is 4. The summed E-state index contributed by atoms with van der Waals surface area (Å²) in [6.45, 7) is 0.156. The van der Waals surface area contributed by atoms with Gasteiger partial charge in [-0.15, -0.1) is 0 Å². The van der Waals surface area contributed by atoms with E-state index >= 15 is 0 Å². The second-order valence-corrected chi connectivity index (χ2v) is 8.79. The van der Waals surface area contributed by atoms with Crippen LogP contribution in [0.15, 0.2) is 42.5 Å². The van der Waals surface area contributed by atoms with Gasteiger partial charge >= 0.3 is 0 Å². The van der Waals surface area contributed by atoms with Crippen molar-refractivity contribution in [1.29, 1.82) is 0 Å². The lowest BCUT2D eigenvalue weighted by molar-refractivity contribution is -0.119. The minimum atomic E-state index is -3.12. The smallest absolute Gasteiger partial charge is 0.228 e. The van der Waals surface area contributed by atoms with E-state index in [1.54, 1.807) is 24.3 Å². The van der Waals surface area contributed by atoms with Gasteiger partial charge in [-0.2, -0.15) is 0 Å². The second-order valence-electron chi connectivity index (χ2n) is 6.15. The Bertz CT molecular complexity index is 933. The summed E-state index contributed by atoms with van der Waals surface area (Å²) in [5, 5.41) is 2.97. The lowest BCUT2D eigenvalue weighted by Gasteiger charge is -2.12. The fourth-order valence-corrected chi connectivity index (χ4v) is 4.71. The molecule has 1 atom stereocenters. The summed E-state index contributed by atoms with van der Waals surface area (Å²) in [4.78, 5) is 12.2. The van der Waals surface area contributed by atoms with E-state index < -0.39 is 15.8 Å². The molecule has 1 heterocycles. The quantitative estimate of drug-likeness (QED) is 0.838. The van der Waals surface area contributed by atoms with Crippen LogP contribution in [0.5, 0.6) is 5.75 Å². The number of hydrogen-bond donors (Lipinski definition) is 1. The maximum Gasteiger partial charge on any atom is 0.228 e. The van der Waals surface area contributed by atoms with Gasteiger partial charge in [-0.3, -0.25) is 4.79 Å². The molecule has 0 aromatic heterocycles. The van der Waals surface area contributed by atoms with Crippen molar-refractivity contribution in [3.8, 4) is 5.75 Å². The molecule has 1 aliphatic heterocycles. The molecule has 138 valence electrons. The Morgan fingerprint density at radius 1 is 1.27 bits per heavy atom. The van der Waals surface area contributed by atoms with Crippen LogP contribution in [0.1, 0.15) is 12.0 Å². The predicted molar refractivity (Wildman–Crippen MR) is 97.6 cm³/mol. The fourth-order valence-electron chi connectivity index (χ4n) is 2.73. The summed E-state index contributed by atoms with van der Waals surface area (Å²) in [5.74, 6) is -0.903. The molecule has 0 bridgehead atoms. The molecule has 0 radical (unpaired) electrons. The number of benzene rings is 2. The van der Waals surface area contributed by atoms with Gasteiger partial charge in [0.25, 0.3) is 0 Å². The average molecular weight is 398 g/mol. The Balaban J connectivity index is 1.61. The lowest BCUT2D eigenvalue weighted by Crippen LogP contribution is -2.23. The zero-order valence-electron chi connectivity index (χ0n) is 13.7. The summed E-state index contributed by atoms with van der Waals surface area (Å²) in [6.07, 6.45) is 0.330. The van der Waals surface area contributed by atoms with Crippen molar-refractivity contribution in [2.24, 2.45) is 5.92 Å². The molecule has 3 rings (SSSR count). The zero-order valence-corrected chi connectivity index (χ0v) is 15.3. The molecule has 0 saturated carbocycles. The summed E-state index contributed by atoms with van der Waals surface area (Å²) in [5.41, 5.74) is 1.13. The van der Waals surface area contributed by atoms with Crippen molar-refractivity contribution < 1.29 is 22.3 Å². The predicted octanol–water partition coefficient (Wildman–Crippen LogP) is 3.43. The third kappa shape index (κ3) is 4.74. The number of sulfone groups is 1. The van der Waals surface area contributed by atoms with E-state index in [-0.39, 0.29) is 29.8 Å². The summed E-state index contributed by atoms with van der Waals surface area (Å²) >= 11 is 6.17. The summed E-state index contributed by atoms with van der Waals surface area (Å²) < 4.78 is 41.7. The highest BCUT2D eigenvalue weighted by molar-refractivity contribution is 7.91. The molecular weight excluding hydrogens is 381 g/mol. The first-order chi connectivity index (χ1) is 12.3. The third-order valence-corrected chi connectivity index (χ3v) is 6.15. The number of nitrogens with one attached hydrogen (secondary N) is 1. The largest absolute Gasteiger partial charge is 0.487 e. The summed E-state index contributed by atoms with van der Waals surface area (Å²) in [6, 6.07) is 10.8. The van der Waals surface area contributed by atoms with Gasteiger partial charge in [0.1, 0.15) is 18.2 Å². The van der Waals surface area contributed by atoms with Crippen LogP contribution in [0.25, 0.3) is 0 Å². The molecule has 1 N–H and O–H groups in total. The van der Waals surface area contributed by atoms with E-state index in [1.807, 2.05) is 0 Å². The number of ether oxygens (including phenoxy) is 1. The molecule has 1 fully saturated rings. The zero-order chi connectivity index (χ0) is 18.7. The third-order valence-electron chi connectivity index (χ3n) is 4.09. The number of carbonyl (C=O) groups excluding carboxylic acids is 1. The Labute approximate surface area is 156 Å². The average Bonchev–Trinajstić information content (AvgIpc) is 2.94. The van der Waals surface area contributed by atoms with Crippen molar-refractivity contribution in [2.45, 2.75) is 13.0 Å². The van der Waals surface area contributed by atoms with Crippen LogP contribution >= 0.6 is 11.6 Å². The van der Waals surface area contributed by atoms with Crippen LogP contribution < -0.4 is 10.1 Å². The van der Waals surface area contributed by atoms with E-state index in [9.17, 15) is 17.6 Å². The van der Waals surface area contributed by atoms with Gasteiger partial charge in [-0.25, -0.2) is 12.8 Å². The molecule has 1 aliphatic rings. The van der Waals surface area contributed by atoms with E-state index in [1.165, 1.54) is 18.2 Å². The minimum absolute atomic E-state index is 0.0404. The molecule has 2 aromatic carbocycles. The molecule has 0 aliphatic carbocycles. The number of carbonyl (C=O) groups is 1. The maximum absolute atomic E-state index is 13.2. The molecule has 1 unspecified atom stereocenters. The number of halogens is 2. The Hall–Kier alpha value is -2.12. The molecule has 8 heteroatoms. The topological polar surface area (TPSA) is 72.5 Å². The Morgan fingerprint density at radius 3 is 2.73 bits per heavy atom. The molecule has 2 aromatic rings. The van der Waals surface area contributed by atoms with Crippen molar-refractivity contribution in [3.05, 3.63) is 58.9 Å². The molecule has 1 saturated heterocycles. The molecule has 0 spiro atoms. The Morgan fingerprint density at radius 2 is 2.08 bits per heavy atom. The SMILES string of the molecule is O=C(Nc1ccc(OCc2cccc(F)c2)c(Cl)c1)C1CCS(=O)(=O)C1. The first-order valence-electron chi connectivity index (χ1n) is 8.00. The first-order valence-corrected chi connectivity index (χ1v) is 10.2. The highest BCUT2D eigenvalue weighted by Gasteiger charge is 2.32. The minimum Gasteiger partial charge on any atom is -0.487 e. The maximum atomic E-state index is 13.2. The van der Waals surface area contributed by atoms with E-state index in [4.69, 9.17) is 16.3 Å². The normalized spacial score (nSPS) is 18.5. The highest BCUT2D eigenvalue weighted by Crippen LogP contribution is 2.29. The van der Waals surface area contributed by atoms with Crippen molar-refractivity contribution >= 4 is 33.0 Å². The monoisotopic (exact) mass is 397 g/mol. The van der Waals surface area contributed by atoms with Crippen molar-refractivity contribution in [2.75, 3.05) is 16.8 Å². The van der Waals surface area contributed by atoms with E-state index in [0.29, 0.717) is 28.4 Å². The highest BCUT2D eigenvalue weighted by atomic mass is 35.5. The Kier molecular flexibility index (Phi) is 5.48. The van der Waals surface area contributed by atoms with Gasteiger partial charge in [-0.05, 0) is 42.3 Å². The van der Waals surface area contributed by atoms with Crippen LogP contribution in [0.3, 0.4) is 0 Å². The first kappa shape index (κ1) is 18.7. The number of rotatable bonds is 5.